The number of hydrogen-bond acceptors (Lipinski definition) is 8. The lowest BCUT2D eigenvalue weighted by Gasteiger charge is -2.36. The van der Waals surface area contributed by atoms with Gasteiger partial charge in [0.1, 0.15) is 11.2 Å². The maximum atomic E-state index is 13.7. The van der Waals surface area contributed by atoms with Gasteiger partial charge in [0.15, 0.2) is 11.2 Å². The Kier molecular flexibility index (Phi) is 10.7. The summed E-state index contributed by atoms with van der Waals surface area (Å²) in [5.41, 5.74) is 1.65. The normalized spacial score (nSPS) is 12.9. The first-order valence-corrected chi connectivity index (χ1v) is 17.4. The summed E-state index contributed by atoms with van der Waals surface area (Å²) >= 11 is 1.24. The van der Waals surface area contributed by atoms with E-state index in [2.05, 4.69) is 10.5 Å². The first kappa shape index (κ1) is 34.8. The molecule has 1 unspecified atom stereocenters. The number of ether oxygens (including phenoxy) is 1. The van der Waals surface area contributed by atoms with Crippen molar-refractivity contribution in [3.05, 3.63) is 191 Å². The van der Waals surface area contributed by atoms with Gasteiger partial charge < -0.3 is 20.0 Å². The number of aliphatic carboxylic acids is 1. The Morgan fingerprint density at radius 3 is 1.59 bits per heavy atom. The number of anilines is 1. The van der Waals surface area contributed by atoms with Gasteiger partial charge in [0.2, 0.25) is 11.3 Å². The Hall–Kier alpha value is -6.06. The molecule has 51 heavy (non-hydrogen) atoms. The number of carboxylic acid groups (broad SMARTS) is 1. The summed E-state index contributed by atoms with van der Waals surface area (Å²) in [5, 5.41) is 20.0. The highest BCUT2D eigenvalue weighted by atomic mass is 32.1. The lowest BCUT2D eigenvalue weighted by atomic mass is 9.77. The van der Waals surface area contributed by atoms with Gasteiger partial charge in [0, 0.05) is 5.38 Å². The maximum absolute atomic E-state index is 13.7. The van der Waals surface area contributed by atoms with Crippen molar-refractivity contribution in [3.63, 3.8) is 0 Å². The lowest BCUT2D eigenvalue weighted by molar-refractivity contribution is -0.175. The van der Waals surface area contributed by atoms with E-state index in [0.29, 0.717) is 5.13 Å². The summed E-state index contributed by atoms with van der Waals surface area (Å²) in [6, 6.07) is 48.8. The molecule has 0 saturated carbocycles. The van der Waals surface area contributed by atoms with Crippen LogP contribution in [0.2, 0.25) is 0 Å². The van der Waals surface area contributed by atoms with Crippen molar-refractivity contribution < 1.29 is 24.3 Å². The molecule has 256 valence electrons. The fourth-order valence-corrected chi connectivity index (χ4v) is 6.54. The average Bonchev–Trinajstić information content (AvgIpc) is 3.65. The molecule has 0 aliphatic carbocycles. The number of carbonyl (C=O) groups excluding carboxylic acids is 1. The topological polar surface area (TPSA) is 110 Å². The molecule has 0 aliphatic rings. The second kappa shape index (κ2) is 15.7. The van der Waals surface area contributed by atoms with Crippen molar-refractivity contribution in [2.45, 2.75) is 37.5 Å². The smallest absolute Gasteiger partial charge is 0.360 e. The molecule has 0 radical (unpaired) electrons. The van der Waals surface area contributed by atoms with Crippen LogP contribution in [-0.4, -0.2) is 33.3 Å². The van der Waals surface area contributed by atoms with Crippen LogP contribution in [0.25, 0.3) is 0 Å². The van der Waals surface area contributed by atoms with Crippen LogP contribution in [0.4, 0.5) is 5.13 Å². The number of oxime groups is 1. The number of benzene rings is 5. The van der Waals surface area contributed by atoms with E-state index in [1.807, 2.05) is 152 Å². The van der Waals surface area contributed by atoms with E-state index in [1.165, 1.54) is 18.3 Å². The quantitative estimate of drug-likeness (QED) is 0.0507. The highest BCUT2D eigenvalue weighted by molar-refractivity contribution is 7.14. The fraction of sp³-hybridized carbons (Fsp3) is 0.143. The van der Waals surface area contributed by atoms with Crippen LogP contribution in [0.1, 0.15) is 59.9 Å². The fourth-order valence-electron chi connectivity index (χ4n) is 5.79. The first-order valence-electron chi connectivity index (χ1n) is 16.5. The van der Waals surface area contributed by atoms with E-state index in [-0.39, 0.29) is 12.1 Å². The third kappa shape index (κ3) is 7.59. The monoisotopic (exact) mass is 695 g/mol. The molecular weight excluding hydrogens is 659 g/mol. The van der Waals surface area contributed by atoms with Gasteiger partial charge in [-0.05, 0) is 41.2 Å². The van der Waals surface area contributed by atoms with Crippen LogP contribution in [0.5, 0.6) is 0 Å². The van der Waals surface area contributed by atoms with Gasteiger partial charge in [0.25, 0.3) is 0 Å². The Morgan fingerprint density at radius 2 is 1.18 bits per heavy atom. The lowest BCUT2D eigenvalue weighted by Crippen LogP contribution is -2.39. The van der Waals surface area contributed by atoms with E-state index in [4.69, 9.17) is 14.6 Å². The number of nitrogens with zero attached hydrogens (tertiary/aromatic N) is 2. The molecule has 6 rings (SSSR count). The number of hydrogen-bond donors (Lipinski definition) is 2. The maximum Gasteiger partial charge on any atom is 0.360 e. The van der Waals surface area contributed by atoms with E-state index in [1.54, 1.807) is 12.3 Å². The molecule has 0 fully saturated rings. The standard InChI is InChI=1S/C42H37N3O5S/c1-3-41(2,39(48)49-37(30-19-9-4-10-20-30)31-21-11-5-12-22-31)50-45-36(38(46)47)35-29-51-40(43-35)44-42(32-23-13-6-14-24-32,33-25-15-7-16-26-33)34-27-17-8-18-28-34/h4-29,37H,3H2,1-2H3,(H,43,44)(H,46,47). The van der Waals surface area contributed by atoms with E-state index >= 15 is 0 Å². The van der Waals surface area contributed by atoms with E-state index in [9.17, 15) is 14.7 Å². The minimum atomic E-state index is -1.59. The number of carbonyl (C=O) groups is 2. The molecule has 0 aliphatic heterocycles. The van der Waals surface area contributed by atoms with Crippen LogP contribution < -0.4 is 5.32 Å². The van der Waals surface area contributed by atoms with Crippen molar-refractivity contribution in [1.82, 2.24) is 4.98 Å². The van der Waals surface area contributed by atoms with Crippen molar-refractivity contribution in [2.24, 2.45) is 5.16 Å². The second-order valence-corrected chi connectivity index (χ2v) is 12.9. The van der Waals surface area contributed by atoms with E-state index in [0.717, 1.165) is 27.8 Å². The van der Waals surface area contributed by atoms with Gasteiger partial charge in [-0.2, -0.15) is 0 Å². The summed E-state index contributed by atoms with van der Waals surface area (Å²) in [7, 11) is 0. The van der Waals surface area contributed by atoms with Gasteiger partial charge in [-0.1, -0.05) is 164 Å². The number of carboxylic acids is 1. The van der Waals surface area contributed by atoms with Crippen LogP contribution >= 0.6 is 11.3 Å². The van der Waals surface area contributed by atoms with Crippen molar-refractivity contribution in [2.75, 3.05) is 5.32 Å². The van der Waals surface area contributed by atoms with Crippen molar-refractivity contribution in [1.29, 1.82) is 0 Å². The molecule has 5 aromatic carbocycles. The summed E-state index contributed by atoms with van der Waals surface area (Å²) < 4.78 is 6.06. The molecule has 1 atom stereocenters. The van der Waals surface area contributed by atoms with Crippen LogP contribution in [0.15, 0.2) is 162 Å². The predicted octanol–water partition coefficient (Wildman–Crippen LogP) is 8.85. The van der Waals surface area contributed by atoms with Crippen LogP contribution in [-0.2, 0) is 24.7 Å². The molecule has 6 aromatic rings. The summed E-state index contributed by atoms with van der Waals surface area (Å²) in [4.78, 5) is 36.8. The summed E-state index contributed by atoms with van der Waals surface area (Å²) in [6.45, 7) is 3.28. The molecule has 8 nitrogen and oxygen atoms in total. The number of thiazole rings is 1. The first-order chi connectivity index (χ1) is 24.8. The number of aromatic nitrogens is 1. The van der Waals surface area contributed by atoms with Crippen LogP contribution in [0, 0.1) is 0 Å². The zero-order chi connectivity index (χ0) is 35.7. The minimum absolute atomic E-state index is 0.0800. The summed E-state index contributed by atoms with van der Waals surface area (Å²) in [5.74, 6) is -2.04. The zero-order valence-corrected chi connectivity index (χ0v) is 29.0. The molecule has 0 bridgehead atoms. The van der Waals surface area contributed by atoms with Gasteiger partial charge in [-0.3, -0.25) is 0 Å². The van der Waals surface area contributed by atoms with Crippen molar-refractivity contribution >= 4 is 34.1 Å². The van der Waals surface area contributed by atoms with Gasteiger partial charge in [-0.25, -0.2) is 14.6 Å². The Morgan fingerprint density at radius 1 is 0.745 bits per heavy atom. The predicted molar refractivity (Wildman–Crippen MR) is 200 cm³/mol. The van der Waals surface area contributed by atoms with Crippen molar-refractivity contribution in [3.8, 4) is 0 Å². The molecule has 0 saturated heterocycles. The molecule has 1 heterocycles. The molecule has 9 heteroatoms. The second-order valence-electron chi connectivity index (χ2n) is 12.0. The minimum Gasteiger partial charge on any atom is -0.476 e. The highest BCUT2D eigenvalue weighted by Gasteiger charge is 2.40. The van der Waals surface area contributed by atoms with Gasteiger partial charge in [-0.15, -0.1) is 11.3 Å². The van der Waals surface area contributed by atoms with Crippen LogP contribution in [0.3, 0.4) is 0 Å². The third-order valence-electron chi connectivity index (χ3n) is 8.74. The number of esters is 1. The Bertz CT molecular complexity index is 1940. The largest absolute Gasteiger partial charge is 0.476 e. The average molecular weight is 696 g/mol. The number of rotatable bonds is 14. The van der Waals surface area contributed by atoms with Gasteiger partial charge >= 0.3 is 11.9 Å². The van der Waals surface area contributed by atoms with Gasteiger partial charge in [0.05, 0.1) is 0 Å². The zero-order valence-electron chi connectivity index (χ0n) is 28.2. The Balaban J connectivity index is 1.31. The SMILES string of the molecule is CCC(C)(ON=C(C(=O)O)c1csc(NC(c2ccccc2)(c2ccccc2)c2ccccc2)n1)C(=O)OC(c1ccccc1)c1ccccc1. The molecular formula is C42H37N3O5S. The molecule has 1 aromatic heterocycles. The third-order valence-corrected chi connectivity index (χ3v) is 9.50. The molecule has 2 N–H and O–H groups in total. The molecule has 0 spiro atoms. The summed E-state index contributed by atoms with van der Waals surface area (Å²) in [6.07, 6.45) is -0.542. The number of nitrogens with one attached hydrogen (secondary N) is 1. The highest BCUT2D eigenvalue weighted by Crippen LogP contribution is 2.40. The molecule has 0 amide bonds. The van der Waals surface area contributed by atoms with E-state index < -0.39 is 34.9 Å². The Labute approximate surface area is 301 Å².